The first-order valence-corrected chi connectivity index (χ1v) is 9.19. The molecule has 3 N–H and O–H groups in total. The van der Waals surface area contributed by atoms with Crippen molar-refractivity contribution in [3.63, 3.8) is 0 Å². The SMILES string of the molecule is CCOC(=O)[C@@H]1CCC[NH+](CC(=O)NC(=O)NC2CCCCC2)C1. The van der Waals surface area contributed by atoms with E-state index in [0.29, 0.717) is 13.2 Å². The molecular formula is C17H30N3O4+. The number of hydrogen-bond donors (Lipinski definition) is 3. The smallest absolute Gasteiger partial charge is 0.321 e. The third-order valence-corrected chi connectivity index (χ3v) is 4.84. The van der Waals surface area contributed by atoms with Crippen LogP contribution in [0.5, 0.6) is 0 Å². The molecule has 1 saturated heterocycles. The van der Waals surface area contributed by atoms with E-state index in [-0.39, 0.29) is 30.4 Å². The molecule has 0 bridgehead atoms. The molecule has 7 heteroatoms. The van der Waals surface area contributed by atoms with Crippen molar-refractivity contribution in [2.45, 2.75) is 57.9 Å². The maximum absolute atomic E-state index is 12.1. The van der Waals surface area contributed by atoms with Gasteiger partial charge in [0.15, 0.2) is 6.54 Å². The Hall–Kier alpha value is -1.63. The fraction of sp³-hybridized carbons (Fsp3) is 0.824. The lowest BCUT2D eigenvalue weighted by atomic mass is 9.96. The zero-order valence-corrected chi connectivity index (χ0v) is 14.6. The van der Waals surface area contributed by atoms with Gasteiger partial charge in [0, 0.05) is 6.04 Å². The number of hydrogen-bond acceptors (Lipinski definition) is 4. The molecule has 3 amide bonds. The van der Waals surface area contributed by atoms with Gasteiger partial charge in [0.25, 0.3) is 5.91 Å². The Morgan fingerprint density at radius 3 is 2.54 bits per heavy atom. The monoisotopic (exact) mass is 340 g/mol. The van der Waals surface area contributed by atoms with Gasteiger partial charge in [0.05, 0.1) is 19.7 Å². The first-order valence-electron chi connectivity index (χ1n) is 9.19. The standard InChI is InChI=1S/C17H29N3O4/c1-2-24-16(22)13-7-6-10-20(11-13)12-15(21)19-17(23)18-14-8-4-3-5-9-14/h13-14H,2-12H2,1H3,(H2,18,19,21,23)/p+1/t13-/m1/s1. The van der Waals surface area contributed by atoms with Gasteiger partial charge in [0.2, 0.25) is 0 Å². The number of quaternary nitrogens is 1. The van der Waals surface area contributed by atoms with Gasteiger partial charge in [-0.2, -0.15) is 0 Å². The molecule has 0 radical (unpaired) electrons. The van der Waals surface area contributed by atoms with E-state index in [1.54, 1.807) is 6.92 Å². The molecule has 136 valence electrons. The molecule has 1 saturated carbocycles. The third kappa shape index (κ3) is 6.11. The minimum Gasteiger partial charge on any atom is -0.466 e. The molecular weight excluding hydrogens is 310 g/mol. The molecule has 2 atom stereocenters. The molecule has 1 aliphatic carbocycles. The highest BCUT2D eigenvalue weighted by atomic mass is 16.5. The van der Waals surface area contributed by atoms with Gasteiger partial charge in [-0.15, -0.1) is 0 Å². The van der Waals surface area contributed by atoms with Crippen LogP contribution in [-0.2, 0) is 14.3 Å². The van der Waals surface area contributed by atoms with E-state index < -0.39 is 6.03 Å². The van der Waals surface area contributed by atoms with Crippen molar-refractivity contribution in [3.8, 4) is 0 Å². The summed E-state index contributed by atoms with van der Waals surface area (Å²) in [6.07, 6.45) is 7.16. The lowest BCUT2D eigenvalue weighted by Gasteiger charge is -2.28. The van der Waals surface area contributed by atoms with Crippen molar-refractivity contribution in [1.82, 2.24) is 10.6 Å². The van der Waals surface area contributed by atoms with Gasteiger partial charge >= 0.3 is 12.0 Å². The Bertz CT molecular complexity index is 449. The van der Waals surface area contributed by atoms with E-state index >= 15 is 0 Å². The van der Waals surface area contributed by atoms with Gasteiger partial charge < -0.3 is 15.0 Å². The molecule has 1 unspecified atom stereocenters. The number of imide groups is 1. The summed E-state index contributed by atoms with van der Waals surface area (Å²) in [6, 6.07) is -0.215. The summed E-state index contributed by atoms with van der Waals surface area (Å²) in [6.45, 7) is 3.83. The molecule has 0 aromatic rings. The van der Waals surface area contributed by atoms with Gasteiger partial charge in [-0.05, 0) is 32.6 Å². The predicted molar refractivity (Wildman–Crippen MR) is 88.5 cm³/mol. The molecule has 0 aromatic heterocycles. The number of carbonyl (C=O) groups is 3. The first-order chi connectivity index (χ1) is 11.6. The lowest BCUT2D eigenvalue weighted by Crippen LogP contribution is -3.15. The average molecular weight is 340 g/mol. The Balaban J connectivity index is 1.70. The second-order valence-corrected chi connectivity index (χ2v) is 6.83. The highest BCUT2D eigenvalue weighted by molar-refractivity contribution is 5.94. The summed E-state index contributed by atoms with van der Waals surface area (Å²) >= 11 is 0. The number of piperidine rings is 1. The minimum atomic E-state index is -0.398. The summed E-state index contributed by atoms with van der Waals surface area (Å²) in [5, 5.41) is 5.29. The Labute approximate surface area is 143 Å². The van der Waals surface area contributed by atoms with Crippen LogP contribution in [0.25, 0.3) is 0 Å². The van der Waals surface area contributed by atoms with E-state index in [1.807, 2.05) is 0 Å². The number of rotatable bonds is 5. The van der Waals surface area contributed by atoms with Crippen molar-refractivity contribution < 1.29 is 24.0 Å². The molecule has 0 aromatic carbocycles. The predicted octanol–water partition coefficient (Wildman–Crippen LogP) is 0.00290. The van der Waals surface area contributed by atoms with Crippen LogP contribution in [0.3, 0.4) is 0 Å². The van der Waals surface area contributed by atoms with Crippen LogP contribution in [0.4, 0.5) is 4.79 Å². The van der Waals surface area contributed by atoms with E-state index in [4.69, 9.17) is 4.74 Å². The van der Waals surface area contributed by atoms with Crippen molar-refractivity contribution >= 4 is 17.9 Å². The molecule has 2 rings (SSSR count). The average Bonchev–Trinajstić information content (AvgIpc) is 2.56. The molecule has 2 fully saturated rings. The summed E-state index contributed by atoms with van der Waals surface area (Å²) < 4.78 is 5.07. The second kappa shape index (κ2) is 9.61. The van der Waals surface area contributed by atoms with Crippen LogP contribution in [0.1, 0.15) is 51.9 Å². The maximum Gasteiger partial charge on any atom is 0.321 e. The van der Waals surface area contributed by atoms with Crippen molar-refractivity contribution in [3.05, 3.63) is 0 Å². The number of nitrogens with one attached hydrogen (secondary N) is 3. The van der Waals surface area contributed by atoms with Crippen LogP contribution >= 0.6 is 0 Å². The van der Waals surface area contributed by atoms with Crippen LogP contribution in [0.2, 0.25) is 0 Å². The quantitative estimate of drug-likeness (QED) is 0.615. The van der Waals surface area contributed by atoms with E-state index in [2.05, 4.69) is 10.6 Å². The molecule has 2 aliphatic rings. The zero-order valence-electron chi connectivity index (χ0n) is 14.6. The minimum absolute atomic E-state index is 0.141. The zero-order chi connectivity index (χ0) is 17.4. The Kier molecular flexibility index (Phi) is 7.49. The van der Waals surface area contributed by atoms with Gasteiger partial charge in [-0.25, -0.2) is 4.79 Å². The Morgan fingerprint density at radius 1 is 1.08 bits per heavy atom. The van der Waals surface area contributed by atoms with Crippen LogP contribution in [-0.4, -0.2) is 50.2 Å². The van der Waals surface area contributed by atoms with Gasteiger partial charge in [-0.1, -0.05) is 19.3 Å². The summed E-state index contributed by atoms with van der Waals surface area (Å²) in [7, 11) is 0. The molecule has 24 heavy (non-hydrogen) atoms. The first kappa shape index (κ1) is 18.7. The van der Waals surface area contributed by atoms with Crippen molar-refractivity contribution in [2.75, 3.05) is 26.2 Å². The van der Waals surface area contributed by atoms with Crippen LogP contribution in [0, 0.1) is 5.92 Å². The summed E-state index contributed by atoms with van der Waals surface area (Å²) in [5.74, 6) is -0.606. The molecule has 7 nitrogen and oxygen atoms in total. The van der Waals surface area contributed by atoms with Gasteiger partial charge in [0.1, 0.15) is 5.92 Å². The molecule has 0 spiro atoms. The second-order valence-electron chi connectivity index (χ2n) is 6.83. The third-order valence-electron chi connectivity index (χ3n) is 4.84. The number of amides is 3. The fourth-order valence-corrected chi connectivity index (χ4v) is 3.64. The van der Waals surface area contributed by atoms with Crippen molar-refractivity contribution in [2.24, 2.45) is 5.92 Å². The number of likely N-dealkylation sites (tertiary alicyclic amines) is 1. The number of esters is 1. The summed E-state index contributed by atoms with van der Waals surface area (Å²) in [4.78, 5) is 36.8. The topological polar surface area (TPSA) is 88.9 Å². The fourth-order valence-electron chi connectivity index (χ4n) is 3.64. The maximum atomic E-state index is 12.1. The largest absolute Gasteiger partial charge is 0.466 e. The molecule has 1 aliphatic heterocycles. The number of urea groups is 1. The van der Waals surface area contributed by atoms with Gasteiger partial charge in [-0.3, -0.25) is 14.9 Å². The van der Waals surface area contributed by atoms with Crippen molar-refractivity contribution in [1.29, 1.82) is 0 Å². The summed E-state index contributed by atoms with van der Waals surface area (Å²) in [5.41, 5.74) is 0. The highest BCUT2D eigenvalue weighted by Gasteiger charge is 2.31. The Morgan fingerprint density at radius 2 is 1.83 bits per heavy atom. The highest BCUT2D eigenvalue weighted by Crippen LogP contribution is 2.17. The van der Waals surface area contributed by atoms with Crippen LogP contribution < -0.4 is 15.5 Å². The molecule has 1 heterocycles. The lowest BCUT2D eigenvalue weighted by molar-refractivity contribution is -0.899. The van der Waals surface area contributed by atoms with E-state index in [9.17, 15) is 14.4 Å². The van der Waals surface area contributed by atoms with E-state index in [1.165, 1.54) is 6.42 Å². The number of ether oxygens (including phenoxy) is 1. The number of carbonyl (C=O) groups excluding carboxylic acids is 3. The van der Waals surface area contributed by atoms with E-state index in [0.717, 1.165) is 50.0 Å². The van der Waals surface area contributed by atoms with Crippen LogP contribution in [0.15, 0.2) is 0 Å². The normalized spacial score (nSPS) is 24.9.